The zero-order valence-electron chi connectivity index (χ0n) is 12.7. The van der Waals surface area contributed by atoms with Gasteiger partial charge in [-0.2, -0.15) is 0 Å². The van der Waals surface area contributed by atoms with Crippen LogP contribution in [0.3, 0.4) is 0 Å². The third-order valence-electron chi connectivity index (χ3n) is 3.30. The van der Waals surface area contributed by atoms with Crippen LogP contribution in [0.1, 0.15) is 32.8 Å². The summed E-state index contributed by atoms with van der Waals surface area (Å²) in [6.45, 7) is 6.67. The first kappa shape index (κ1) is 16.8. The molecular formula is C16H22N2O3. The molecule has 0 aliphatic carbocycles. The maximum Gasteiger partial charge on any atom is 0.328 e. The van der Waals surface area contributed by atoms with Gasteiger partial charge >= 0.3 is 12.0 Å². The van der Waals surface area contributed by atoms with Crippen LogP contribution in [-0.4, -0.2) is 34.6 Å². The Labute approximate surface area is 125 Å². The zero-order chi connectivity index (χ0) is 15.8. The highest BCUT2D eigenvalue weighted by Gasteiger charge is 2.16. The molecule has 5 nitrogen and oxygen atoms in total. The molecule has 0 saturated carbocycles. The van der Waals surface area contributed by atoms with Gasteiger partial charge in [0.05, 0.1) is 0 Å². The smallest absolute Gasteiger partial charge is 0.328 e. The Balaban J connectivity index is 2.70. The molecule has 21 heavy (non-hydrogen) atoms. The number of carbonyl (C=O) groups excluding carboxylic acids is 1. The standard InChI is InChI=1S/C16H22N2O3/c1-4-12(3)18(5-2)16(21)17-14-9-6-13(7-10-14)8-11-15(19)20/h6-12H,4-5H2,1-3H3,(H,17,21)(H,19,20). The largest absolute Gasteiger partial charge is 0.478 e. The predicted molar refractivity (Wildman–Crippen MR) is 84.3 cm³/mol. The number of aliphatic carboxylic acids is 1. The molecule has 114 valence electrons. The molecule has 1 aromatic rings. The highest BCUT2D eigenvalue weighted by molar-refractivity contribution is 5.90. The number of anilines is 1. The summed E-state index contributed by atoms with van der Waals surface area (Å²) in [6, 6.07) is 7.09. The van der Waals surface area contributed by atoms with Crippen LogP contribution in [0.5, 0.6) is 0 Å². The molecule has 5 heteroatoms. The average molecular weight is 290 g/mol. The molecule has 0 radical (unpaired) electrons. The van der Waals surface area contributed by atoms with Crippen LogP contribution in [0.25, 0.3) is 6.08 Å². The summed E-state index contributed by atoms with van der Waals surface area (Å²) in [5.74, 6) is -0.987. The SMILES string of the molecule is CCC(C)N(CC)C(=O)Nc1ccc(C=CC(=O)O)cc1. The second-order valence-corrected chi connectivity index (χ2v) is 4.77. The fraction of sp³-hybridized carbons (Fsp3) is 0.375. The van der Waals surface area contributed by atoms with Crippen molar-refractivity contribution in [3.8, 4) is 0 Å². The normalized spacial score (nSPS) is 12.1. The van der Waals surface area contributed by atoms with Crippen molar-refractivity contribution >= 4 is 23.8 Å². The first-order chi connectivity index (χ1) is 9.97. The van der Waals surface area contributed by atoms with Crippen molar-refractivity contribution in [2.75, 3.05) is 11.9 Å². The Kier molecular flexibility index (Phi) is 6.46. The lowest BCUT2D eigenvalue weighted by atomic mass is 10.2. The van der Waals surface area contributed by atoms with E-state index in [1.807, 2.05) is 20.8 Å². The molecule has 0 spiro atoms. The Bertz CT molecular complexity index is 509. The summed E-state index contributed by atoms with van der Waals surface area (Å²) >= 11 is 0. The van der Waals surface area contributed by atoms with Crippen molar-refractivity contribution in [3.63, 3.8) is 0 Å². The maximum atomic E-state index is 12.2. The van der Waals surface area contributed by atoms with E-state index in [0.29, 0.717) is 12.2 Å². The van der Waals surface area contributed by atoms with Gasteiger partial charge in [0.1, 0.15) is 0 Å². The van der Waals surface area contributed by atoms with Crippen molar-refractivity contribution in [1.29, 1.82) is 0 Å². The molecule has 0 saturated heterocycles. The first-order valence-electron chi connectivity index (χ1n) is 7.06. The number of benzene rings is 1. The van der Waals surface area contributed by atoms with Gasteiger partial charge in [-0.3, -0.25) is 0 Å². The minimum atomic E-state index is -0.987. The van der Waals surface area contributed by atoms with Gasteiger partial charge in [-0.1, -0.05) is 19.1 Å². The highest BCUT2D eigenvalue weighted by Crippen LogP contribution is 2.13. The van der Waals surface area contributed by atoms with Crippen LogP contribution in [0.2, 0.25) is 0 Å². The number of hydrogen-bond acceptors (Lipinski definition) is 2. The molecule has 2 N–H and O–H groups in total. The third-order valence-corrected chi connectivity index (χ3v) is 3.30. The minimum Gasteiger partial charge on any atom is -0.478 e. The first-order valence-corrected chi connectivity index (χ1v) is 7.06. The van der Waals surface area contributed by atoms with E-state index in [0.717, 1.165) is 18.1 Å². The van der Waals surface area contributed by atoms with Crippen LogP contribution < -0.4 is 5.32 Å². The monoisotopic (exact) mass is 290 g/mol. The number of urea groups is 1. The summed E-state index contributed by atoms with van der Waals surface area (Å²) in [4.78, 5) is 24.4. The van der Waals surface area contributed by atoms with Crippen LogP contribution >= 0.6 is 0 Å². The van der Waals surface area contributed by atoms with Crippen LogP contribution in [0.15, 0.2) is 30.3 Å². The van der Waals surface area contributed by atoms with Gasteiger partial charge in [0, 0.05) is 24.4 Å². The van der Waals surface area contributed by atoms with Gasteiger partial charge in [0.15, 0.2) is 0 Å². The van der Waals surface area contributed by atoms with Crippen molar-refractivity contribution in [2.24, 2.45) is 0 Å². The third kappa shape index (κ3) is 5.30. The Morgan fingerprint density at radius 1 is 1.29 bits per heavy atom. The zero-order valence-corrected chi connectivity index (χ0v) is 12.7. The number of carboxylic acids is 1. The highest BCUT2D eigenvalue weighted by atomic mass is 16.4. The van der Waals surface area contributed by atoms with Crippen LogP contribution in [0.4, 0.5) is 10.5 Å². The molecular weight excluding hydrogens is 268 g/mol. The second-order valence-electron chi connectivity index (χ2n) is 4.77. The molecule has 2 amide bonds. The van der Waals surface area contributed by atoms with Gasteiger partial charge < -0.3 is 15.3 Å². The average Bonchev–Trinajstić information content (AvgIpc) is 2.47. The molecule has 1 atom stereocenters. The Morgan fingerprint density at radius 2 is 1.90 bits per heavy atom. The predicted octanol–water partition coefficient (Wildman–Crippen LogP) is 3.44. The lowest BCUT2D eigenvalue weighted by molar-refractivity contribution is -0.131. The summed E-state index contributed by atoms with van der Waals surface area (Å²) in [5.41, 5.74) is 1.46. The summed E-state index contributed by atoms with van der Waals surface area (Å²) in [6.07, 6.45) is 3.49. The minimum absolute atomic E-state index is 0.124. The van der Waals surface area contributed by atoms with Crippen molar-refractivity contribution in [2.45, 2.75) is 33.2 Å². The van der Waals surface area contributed by atoms with Gasteiger partial charge in [-0.05, 0) is 44.0 Å². The number of rotatable bonds is 6. The van der Waals surface area contributed by atoms with Crippen molar-refractivity contribution in [1.82, 2.24) is 4.90 Å². The second kappa shape index (κ2) is 8.09. The summed E-state index contributed by atoms with van der Waals surface area (Å²) in [7, 11) is 0. The van der Waals surface area contributed by atoms with Gasteiger partial charge in [0.25, 0.3) is 0 Å². The Morgan fingerprint density at radius 3 is 2.38 bits per heavy atom. The number of nitrogens with one attached hydrogen (secondary N) is 1. The lowest BCUT2D eigenvalue weighted by Gasteiger charge is -2.27. The molecule has 0 fully saturated rings. The number of nitrogens with zero attached hydrogens (tertiary/aromatic N) is 1. The molecule has 0 aliphatic heterocycles. The fourth-order valence-electron chi connectivity index (χ4n) is 1.92. The van der Waals surface area contributed by atoms with E-state index in [1.54, 1.807) is 29.2 Å². The molecule has 0 aromatic heterocycles. The molecule has 1 aromatic carbocycles. The summed E-state index contributed by atoms with van der Waals surface area (Å²) in [5, 5.41) is 11.4. The molecule has 1 rings (SSSR count). The molecule has 0 aliphatic rings. The molecule has 0 bridgehead atoms. The quantitative estimate of drug-likeness (QED) is 0.788. The fourth-order valence-corrected chi connectivity index (χ4v) is 1.92. The van der Waals surface area contributed by atoms with Crippen molar-refractivity contribution < 1.29 is 14.7 Å². The van der Waals surface area contributed by atoms with E-state index in [4.69, 9.17) is 5.11 Å². The van der Waals surface area contributed by atoms with Gasteiger partial charge in [-0.15, -0.1) is 0 Å². The summed E-state index contributed by atoms with van der Waals surface area (Å²) < 4.78 is 0. The molecule has 0 heterocycles. The van der Waals surface area contributed by atoms with E-state index < -0.39 is 5.97 Å². The Hall–Kier alpha value is -2.30. The van der Waals surface area contributed by atoms with Gasteiger partial charge in [-0.25, -0.2) is 9.59 Å². The number of amides is 2. The van der Waals surface area contributed by atoms with Crippen LogP contribution in [0, 0.1) is 0 Å². The molecule has 1 unspecified atom stereocenters. The van der Waals surface area contributed by atoms with Crippen LogP contribution in [-0.2, 0) is 4.79 Å². The number of carboxylic acid groups (broad SMARTS) is 1. The number of carbonyl (C=O) groups is 2. The number of hydrogen-bond donors (Lipinski definition) is 2. The van der Waals surface area contributed by atoms with Gasteiger partial charge in [0.2, 0.25) is 0 Å². The van der Waals surface area contributed by atoms with E-state index >= 15 is 0 Å². The van der Waals surface area contributed by atoms with Crippen molar-refractivity contribution in [3.05, 3.63) is 35.9 Å². The van der Waals surface area contributed by atoms with E-state index in [1.165, 1.54) is 6.08 Å². The van der Waals surface area contributed by atoms with E-state index in [2.05, 4.69) is 5.32 Å². The maximum absolute atomic E-state index is 12.2. The topological polar surface area (TPSA) is 69.6 Å². The lowest BCUT2D eigenvalue weighted by Crippen LogP contribution is -2.40. The van der Waals surface area contributed by atoms with E-state index in [9.17, 15) is 9.59 Å². The van der Waals surface area contributed by atoms with E-state index in [-0.39, 0.29) is 12.1 Å².